The van der Waals surface area contributed by atoms with Crippen LogP contribution in [0.5, 0.6) is 11.5 Å². The molecule has 1 rings (SSSR count). The summed E-state index contributed by atoms with van der Waals surface area (Å²) in [5.74, 6) is 1.54. The third-order valence-corrected chi connectivity index (χ3v) is 2.63. The Morgan fingerprint density at radius 1 is 1.06 bits per heavy atom. The number of hydrogen-bond acceptors (Lipinski definition) is 4. The van der Waals surface area contributed by atoms with Crippen LogP contribution in [-0.4, -0.2) is 33.4 Å². The smallest absolute Gasteiger partial charge is 0.161 e. The van der Waals surface area contributed by atoms with Crippen LogP contribution < -0.4 is 20.1 Å². The minimum absolute atomic E-state index is 0.535. The van der Waals surface area contributed by atoms with E-state index >= 15 is 0 Å². The molecule has 0 spiro atoms. The molecule has 102 valence electrons. The molecule has 0 aliphatic rings. The molecule has 0 heterocycles. The maximum atomic E-state index is 5.27. The second-order valence-corrected chi connectivity index (χ2v) is 4.47. The topological polar surface area (TPSA) is 42.5 Å². The zero-order valence-electron chi connectivity index (χ0n) is 11.7. The van der Waals surface area contributed by atoms with Crippen molar-refractivity contribution in [2.45, 2.75) is 26.4 Å². The van der Waals surface area contributed by atoms with Crippen LogP contribution in [0.15, 0.2) is 18.2 Å². The quantitative estimate of drug-likeness (QED) is 0.692. The maximum Gasteiger partial charge on any atom is 0.161 e. The first kappa shape index (κ1) is 14.8. The first-order valence-electron chi connectivity index (χ1n) is 6.32. The summed E-state index contributed by atoms with van der Waals surface area (Å²) in [6, 6.07) is 6.52. The molecule has 0 unspecified atom stereocenters. The van der Waals surface area contributed by atoms with Crippen LogP contribution >= 0.6 is 0 Å². The van der Waals surface area contributed by atoms with Gasteiger partial charge in [0.1, 0.15) is 0 Å². The van der Waals surface area contributed by atoms with Gasteiger partial charge in [-0.15, -0.1) is 0 Å². The number of hydrogen-bond donors (Lipinski definition) is 2. The molecular weight excluding hydrogens is 228 g/mol. The average molecular weight is 252 g/mol. The van der Waals surface area contributed by atoms with Crippen molar-refractivity contribution >= 4 is 0 Å². The first-order chi connectivity index (χ1) is 8.67. The molecule has 4 nitrogen and oxygen atoms in total. The van der Waals surface area contributed by atoms with Gasteiger partial charge in [-0.1, -0.05) is 19.9 Å². The third-order valence-electron chi connectivity index (χ3n) is 2.63. The Labute approximate surface area is 110 Å². The second kappa shape index (κ2) is 7.95. The highest BCUT2D eigenvalue weighted by Crippen LogP contribution is 2.27. The van der Waals surface area contributed by atoms with Crippen LogP contribution in [0.2, 0.25) is 0 Å². The molecule has 0 bridgehead atoms. The lowest BCUT2D eigenvalue weighted by Crippen LogP contribution is -2.31. The summed E-state index contributed by atoms with van der Waals surface area (Å²) < 4.78 is 10.5. The lowest BCUT2D eigenvalue weighted by atomic mass is 10.2. The van der Waals surface area contributed by atoms with Crippen LogP contribution in [0.4, 0.5) is 0 Å². The normalized spacial score (nSPS) is 10.7. The van der Waals surface area contributed by atoms with Crippen LogP contribution in [0, 0.1) is 0 Å². The van der Waals surface area contributed by atoms with E-state index in [-0.39, 0.29) is 0 Å². The van der Waals surface area contributed by atoms with Gasteiger partial charge in [-0.3, -0.25) is 0 Å². The summed E-state index contributed by atoms with van der Waals surface area (Å²) in [7, 11) is 3.30. The molecule has 0 amide bonds. The van der Waals surface area contributed by atoms with E-state index in [1.807, 2.05) is 18.2 Å². The van der Waals surface area contributed by atoms with Crippen LogP contribution in [0.1, 0.15) is 19.4 Å². The van der Waals surface area contributed by atoms with Crippen molar-refractivity contribution in [3.63, 3.8) is 0 Å². The van der Waals surface area contributed by atoms with Crippen LogP contribution in [-0.2, 0) is 6.54 Å². The third kappa shape index (κ3) is 4.94. The maximum absolute atomic E-state index is 5.27. The molecule has 1 aromatic rings. The molecule has 0 atom stereocenters. The zero-order chi connectivity index (χ0) is 13.4. The fraction of sp³-hybridized carbons (Fsp3) is 0.571. The summed E-state index contributed by atoms with van der Waals surface area (Å²) in [4.78, 5) is 0. The Balaban J connectivity index is 2.38. The van der Waals surface area contributed by atoms with Crippen LogP contribution in [0.3, 0.4) is 0 Å². The van der Waals surface area contributed by atoms with Crippen molar-refractivity contribution in [2.75, 3.05) is 27.3 Å². The monoisotopic (exact) mass is 252 g/mol. The Hall–Kier alpha value is -1.26. The van der Waals surface area contributed by atoms with Gasteiger partial charge in [0.2, 0.25) is 0 Å². The highest BCUT2D eigenvalue weighted by molar-refractivity contribution is 5.42. The van der Waals surface area contributed by atoms with E-state index in [9.17, 15) is 0 Å². The lowest BCUT2D eigenvalue weighted by molar-refractivity contribution is 0.354. The minimum Gasteiger partial charge on any atom is -0.493 e. The summed E-state index contributed by atoms with van der Waals surface area (Å²) in [5, 5.41) is 6.75. The summed E-state index contributed by atoms with van der Waals surface area (Å²) in [6.07, 6.45) is 0. The standard InChI is InChI=1S/C14H24N2O2/c1-11(2)16-8-7-15-10-12-5-6-13(17-3)14(9-12)18-4/h5-6,9,11,15-16H,7-8,10H2,1-4H3. The van der Waals surface area contributed by atoms with Crippen molar-refractivity contribution in [2.24, 2.45) is 0 Å². The van der Waals surface area contributed by atoms with Gasteiger partial charge in [-0.05, 0) is 17.7 Å². The SMILES string of the molecule is COc1ccc(CNCCNC(C)C)cc1OC. The molecular formula is C14H24N2O2. The Morgan fingerprint density at radius 2 is 1.78 bits per heavy atom. The van der Waals surface area contributed by atoms with E-state index in [1.54, 1.807) is 14.2 Å². The molecule has 0 radical (unpaired) electrons. The van der Waals surface area contributed by atoms with Crippen molar-refractivity contribution in [3.05, 3.63) is 23.8 Å². The van der Waals surface area contributed by atoms with E-state index in [1.165, 1.54) is 5.56 Å². The molecule has 0 aliphatic carbocycles. The lowest BCUT2D eigenvalue weighted by Gasteiger charge is -2.11. The number of nitrogens with one attached hydrogen (secondary N) is 2. The number of rotatable bonds is 8. The molecule has 1 aromatic carbocycles. The molecule has 18 heavy (non-hydrogen) atoms. The molecule has 4 heteroatoms. The van der Waals surface area contributed by atoms with Crippen molar-refractivity contribution in [1.29, 1.82) is 0 Å². The Morgan fingerprint density at radius 3 is 2.39 bits per heavy atom. The largest absolute Gasteiger partial charge is 0.493 e. The van der Waals surface area contributed by atoms with Gasteiger partial charge in [0.05, 0.1) is 14.2 Å². The average Bonchev–Trinajstić information content (AvgIpc) is 2.37. The molecule has 0 aliphatic heterocycles. The van der Waals surface area contributed by atoms with E-state index in [4.69, 9.17) is 9.47 Å². The van der Waals surface area contributed by atoms with E-state index in [0.29, 0.717) is 6.04 Å². The fourth-order valence-corrected chi connectivity index (χ4v) is 1.67. The van der Waals surface area contributed by atoms with E-state index in [0.717, 1.165) is 31.1 Å². The second-order valence-electron chi connectivity index (χ2n) is 4.47. The van der Waals surface area contributed by atoms with Crippen molar-refractivity contribution in [3.8, 4) is 11.5 Å². The van der Waals surface area contributed by atoms with Crippen LogP contribution in [0.25, 0.3) is 0 Å². The van der Waals surface area contributed by atoms with Gasteiger partial charge in [0.25, 0.3) is 0 Å². The van der Waals surface area contributed by atoms with Gasteiger partial charge in [0.15, 0.2) is 11.5 Å². The molecule has 2 N–H and O–H groups in total. The van der Waals surface area contributed by atoms with Gasteiger partial charge < -0.3 is 20.1 Å². The predicted molar refractivity (Wildman–Crippen MR) is 74.4 cm³/mol. The van der Waals surface area contributed by atoms with E-state index in [2.05, 4.69) is 24.5 Å². The Bertz CT molecular complexity index is 354. The van der Waals surface area contributed by atoms with Gasteiger partial charge >= 0.3 is 0 Å². The number of ether oxygens (including phenoxy) is 2. The molecule has 0 saturated carbocycles. The molecule has 0 aromatic heterocycles. The summed E-state index contributed by atoms with van der Waals surface area (Å²) in [6.45, 7) is 7.06. The van der Waals surface area contributed by atoms with Crippen molar-refractivity contribution in [1.82, 2.24) is 10.6 Å². The van der Waals surface area contributed by atoms with Gasteiger partial charge in [-0.25, -0.2) is 0 Å². The summed E-state index contributed by atoms with van der Waals surface area (Å²) >= 11 is 0. The highest BCUT2D eigenvalue weighted by Gasteiger charge is 2.03. The number of benzene rings is 1. The molecule has 0 fully saturated rings. The van der Waals surface area contributed by atoms with E-state index < -0.39 is 0 Å². The highest BCUT2D eigenvalue weighted by atomic mass is 16.5. The first-order valence-corrected chi connectivity index (χ1v) is 6.32. The van der Waals surface area contributed by atoms with Crippen molar-refractivity contribution < 1.29 is 9.47 Å². The molecule has 0 saturated heterocycles. The Kier molecular flexibility index (Phi) is 6.54. The summed E-state index contributed by atoms with van der Waals surface area (Å²) in [5.41, 5.74) is 1.19. The number of methoxy groups -OCH3 is 2. The van der Waals surface area contributed by atoms with Gasteiger partial charge in [-0.2, -0.15) is 0 Å². The zero-order valence-corrected chi connectivity index (χ0v) is 11.7. The fourth-order valence-electron chi connectivity index (χ4n) is 1.67. The predicted octanol–water partition coefficient (Wildman–Crippen LogP) is 1.79. The minimum atomic E-state index is 0.535. The van der Waals surface area contributed by atoms with Gasteiger partial charge in [0, 0.05) is 25.7 Å².